The zero-order valence-electron chi connectivity index (χ0n) is 12.1. The monoisotopic (exact) mass is 263 g/mol. The summed E-state index contributed by atoms with van der Waals surface area (Å²) in [7, 11) is 0. The molecular weight excluding hydrogens is 238 g/mol. The van der Waals surface area contributed by atoms with Gasteiger partial charge in [0.05, 0.1) is 6.42 Å². The molecule has 0 bridgehead atoms. The Labute approximate surface area is 116 Å². The molecule has 3 heteroatoms. The fraction of sp³-hybridized carbons (Fsp3) is 0.562. The summed E-state index contributed by atoms with van der Waals surface area (Å²) in [5.74, 6) is -0.731. The number of benzene rings is 1. The summed E-state index contributed by atoms with van der Waals surface area (Å²) in [6.07, 6.45) is 4.72. The van der Waals surface area contributed by atoms with Crippen LogP contribution < -0.4 is 4.90 Å². The Bertz CT molecular complexity index is 373. The zero-order chi connectivity index (χ0) is 14.1. The molecule has 0 radical (unpaired) electrons. The highest BCUT2D eigenvalue weighted by atomic mass is 16.4. The maximum Gasteiger partial charge on any atom is 0.305 e. The number of anilines is 1. The second kappa shape index (κ2) is 8.57. The Morgan fingerprint density at radius 1 is 1.11 bits per heavy atom. The van der Waals surface area contributed by atoms with Crippen molar-refractivity contribution in [3.8, 4) is 0 Å². The van der Waals surface area contributed by atoms with Crippen molar-refractivity contribution in [2.24, 2.45) is 0 Å². The Balaban J connectivity index is 2.66. The summed E-state index contributed by atoms with van der Waals surface area (Å²) in [4.78, 5) is 12.9. The van der Waals surface area contributed by atoms with E-state index in [9.17, 15) is 4.79 Å². The quantitative estimate of drug-likeness (QED) is 0.690. The molecule has 0 fully saturated rings. The summed E-state index contributed by atoms with van der Waals surface area (Å²) >= 11 is 0. The fourth-order valence-electron chi connectivity index (χ4n) is 2.10. The van der Waals surface area contributed by atoms with Crippen LogP contribution in [0.5, 0.6) is 0 Å². The molecule has 1 N–H and O–H groups in total. The summed E-state index contributed by atoms with van der Waals surface area (Å²) in [6, 6.07) is 8.46. The maximum absolute atomic E-state index is 10.7. The minimum absolute atomic E-state index is 0.196. The van der Waals surface area contributed by atoms with Crippen molar-refractivity contribution in [3.05, 3.63) is 29.8 Å². The first-order valence-electron chi connectivity index (χ1n) is 7.23. The highest BCUT2D eigenvalue weighted by molar-refractivity contribution is 5.67. The standard InChI is InChI=1S/C16H25NO2/c1-3-5-6-12-17(13-11-16(18)19)15-9-7-14(4-2)8-10-15/h7-10H,3-6,11-13H2,1-2H3,(H,18,19). The SMILES string of the molecule is CCCCCN(CCC(=O)O)c1ccc(CC)cc1. The highest BCUT2D eigenvalue weighted by Gasteiger charge is 2.08. The minimum Gasteiger partial charge on any atom is -0.481 e. The molecule has 0 aromatic heterocycles. The number of aryl methyl sites for hydroxylation is 1. The van der Waals surface area contributed by atoms with Crippen LogP contribution >= 0.6 is 0 Å². The Kier molecular flexibility index (Phi) is 7.01. The third-order valence-corrected chi connectivity index (χ3v) is 3.34. The van der Waals surface area contributed by atoms with Crippen molar-refractivity contribution in [1.29, 1.82) is 0 Å². The third kappa shape index (κ3) is 5.77. The van der Waals surface area contributed by atoms with E-state index in [-0.39, 0.29) is 6.42 Å². The van der Waals surface area contributed by atoms with E-state index < -0.39 is 5.97 Å². The number of aliphatic carboxylic acids is 1. The Hall–Kier alpha value is -1.51. The summed E-state index contributed by atoms with van der Waals surface area (Å²) in [6.45, 7) is 5.84. The van der Waals surface area contributed by atoms with Crippen LogP contribution in [0, 0.1) is 0 Å². The van der Waals surface area contributed by atoms with Crippen molar-refractivity contribution in [3.63, 3.8) is 0 Å². The molecule has 1 aromatic rings. The highest BCUT2D eigenvalue weighted by Crippen LogP contribution is 2.17. The van der Waals surface area contributed by atoms with Crippen LogP contribution in [0.2, 0.25) is 0 Å². The summed E-state index contributed by atoms with van der Waals surface area (Å²) in [5.41, 5.74) is 2.45. The molecule has 1 aromatic carbocycles. The van der Waals surface area contributed by atoms with Crippen LogP contribution in [-0.2, 0) is 11.2 Å². The van der Waals surface area contributed by atoms with Crippen LogP contribution in [0.1, 0.15) is 45.1 Å². The van der Waals surface area contributed by atoms with Gasteiger partial charge in [0.2, 0.25) is 0 Å². The van der Waals surface area contributed by atoms with E-state index in [2.05, 4.69) is 43.0 Å². The molecule has 106 valence electrons. The van der Waals surface area contributed by atoms with E-state index in [0.29, 0.717) is 6.54 Å². The van der Waals surface area contributed by atoms with Gasteiger partial charge in [-0.25, -0.2) is 0 Å². The number of unbranched alkanes of at least 4 members (excludes halogenated alkanes) is 2. The molecule has 0 saturated heterocycles. The van der Waals surface area contributed by atoms with Gasteiger partial charge in [0, 0.05) is 18.8 Å². The van der Waals surface area contributed by atoms with Gasteiger partial charge in [-0.3, -0.25) is 4.79 Å². The second-order valence-corrected chi connectivity index (χ2v) is 4.86. The summed E-state index contributed by atoms with van der Waals surface area (Å²) in [5, 5.41) is 8.84. The van der Waals surface area contributed by atoms with Gasteiger partial charge < -0.3 is 10.0 Å². The second-order valence-electron chi connectivity index (χ2n) is 4.86. The average Bonchev–Trinajstić information content (AvgIpc) is 2.42. The number of carbonyl (C=O) groups is 1. The average molecular weight is 263 g/mol. The molecule has 0 aliphatic heterocycles. The van der Waals surface area contributed by atoms with Crippen molar-refractivity contribution >= 4 is 11.7 Å². The zero-order valence-corrected chi connectivity index (χ0v) is 12.1. The normalized spacial score (nSPS) is 10.4. The first-order valence-corrected chi connectivity index (χ1v) is 7.23. The van der Waals surface area contributed by atoms with Crippen molar-refractivity contribution in [1.82, 2.24) is 0 Å². The lowest BCUT2D eigenvalue weighted by Crippen LogP contribution is -2.27. The van der Waals surface area contributed by atoms with Crippen LogP contribution in [0.3, 0.4) is 0 Å². The van der Waals surface area contributed by atoms with Gasteiger partial charge in [-0.2, -0.15) is 0 Å². The van der Waals surface area contributed by atoms with Gasteiger partial charge in [-0.15, -0.1) is 0 Å². The Morgan fingerprint density at radius 3 is 2.32 bits per heavy atom. The predicted octanol–water partition coefficient (Wildman–Crippen LogP) is 3.72. The largest absolute Gasteiger partial charge is 0.481 e. The number of carboxylic acid groups (broad SMARTS) is 1. The van der Waals surface area contributed by atoms with Crippen LogP contribution in [-0.4, -0.2) is 24.2 Å². The van der Waals surface area contributed by atoms with E-state index in [0.717, 1.165) is 25.1 Å². The van der Waals surface area contributed by atoms with E-state index in [1.807, 2.05) is 0 Å². The van der Waals surface area contributed by atoms with Gasteiger partial charge in [-0.1, -0.05) is 38.8 Å². The van der Waals surface area contributed by atoms with E-state index in [1.165, 1.54) is 18.4 Å². The van der Waals surface area contributed by atoms with Crippen molar-refractivity contribution in [2.75, 3.05) is 18.0 Å². The minimum atomic E-state index is -0.731. The van der Waals surface area contributed by atoms with Crippen molar-refractivity contribution in [2.45, 2.75) is 46.0 Å². The number of rotatable bonds is 9. The van der Waals surface area contributed by atoms with Gasteiger partial charge in [0.1, 0.15) is 0 Å². The molecule has 1 rings (SSSR count). The van der Waals surface area contributed by atoms with Crippen LogP contribution in [0.15, 0.2) is 24.3 Å². The predicted molar refractivity (Wildman–Crippen MR) is 79.8 cm³/mol. The fourth-order valence-corrected chi connectivity index (χ4v) is 2.10. The lowest BCUT2D eigenvalue weighted by molar-refractivity contribution is -0.136. The molecule has 0 spiro atoms. The third-order valence-electron chi connectivity index (χ3n) is 3.34. The number of nitrogens with zero attached hydrogens (tertiary/aromatic N) is 1. The smallest absolute Gasteiger partial charge is 0.305 e. The van der Waals surface area contributed by atoms with Gasteiger partial charge in [0.15, 0.2) is 0 Å². The molecule has 0 atom stereocenters. The van der Waals surface area contributed by atoms with Crippen LogP contribution in [0.25, 0.3) is 0 Å². The van der Waals surface area contributed by atoms with Gasteiger partial charge in [0.25, 0.3) is 0 Å². The lowest BCUT2D eigenvalue weighted by atomic mass is 10.1. The molecule has 3 nitrogen and oxygen atoms in total. The molecule has 0 unspecified atom stereocenters. The van der Waals surface area contributed by atoms with Crippen LogP contribution in [0.4, 0.5) is 5.69 Å². The molecule has 19 heavy (non-hydrogen) atoms. The Morgan fingerprint density at radius 2 is 1.79 bits per heavy atom. The molecule has 0 saturated carbocycles. The van der Waals surface area contributed by atoms with E-state index in [4.69, 9.17) is 5.11 Å². The van der Waals surface area contributed by atoms with E-state index in [1.54, 1.807) is 0 Å². The van der Waals surface area contributed by atoms with Crippen molar-refractivity contribution < 1.29 is 9.90 Å². The maximum atomic E-state index is 10.7. The van der Waals surface area contributed by atoms with Gasteiger partial charge in [-0.05, 0) is 30.5 Å². The summed E-state index contributed by atoms with van der Waals surface area (Å²) < 4.78 is 0. The lowest BCUT2D eigenvalue weighted by Gasteiger charge is -2.24. The number of carboxylic acids is 1. The molecular formula is C16H25NO2. The number of hydrogen-bond acceptors (Lipinski definition) is 2. The number of hydrogen-bond donors (Lipinski definition) is 1. The van der Waals surface area contributed by atoms with E-state index >= 15 is 0 Å². The van der Waals surface area contributed by atoms with Gasteiger partial charge >= 0.3 is 5.97 Å². The first-order chi connectivity index (χ1) is 9.17. The topological polar surface area (TPSA) is 40.5 Å². The molecule has 0 aliphatic carbocycles. The molecule has 0 amide bonds. The molecule has 0 heterocycles. The molecule has 0 aliphatic rings. The first kappa shape index (κ1) is 15.5.